The molecule has 4 rings (SSSR count). The lowest BCUT2D eigenvalue weighted by Gasteiger charge is -2.34. The molecular formula is C22H19ClN2O5. The highest BCUT2D eigenvalue weighted by molar-refractivity contribution is 6.32. The molecule has 2 aromatic carbocycles. The van der Waals surface area contributed by atoms with Gasteiger partial charge >= 0.3 is 0 Å². The number of carbonyl (C=O) groups is 2. The summed E-state index contributed by atoms with van der Waals surface area (Å²) in [4.78, 5) is 36.2. The van der Waals surface area contributed by atoms with Crippen LogP contribution in [0.1, 0.15) is 42.2 Å². The number of benzene rings is 2. The van der Waals surface area contributed by atoms with Crippen molar-refractivity contribution in [1.82, 2.24) is 5.32 Å². The van der Waals surface area contributed by atoms with E-state index >= 15 is 0 Å². The number of carbonyl (C=O) groups excluding carboxylic acids is 2. The molecule has 1 N–H and O–H groups in total. The number of allylic oxidation sites excluding steroid dienone is 2. The Bertz CT molecular complexity index is 1080. The predicted molar refractivity (Wildman–Crippen MR) is 111 cm³/mol. The monoisotopic (exact) mass is 426 g/mol. The van der Waals surface area contributed by atoms with Gasteiger partial charge in [-0.3, -0.25) is 19.7 Å². The minimum absolute atomic E-state index is 0.0211. The first-order valence-electron chi connectivity index (χ1n) is 9.51. The smallest absolute Gasteiger partial charge is 0.288 e. The molecule has 2 atom stereocenters. The molecule has 1 aliphatic carbocycles. The van der Waals surface area contributed by atoms with Crippen LogP contribution in [0.4, 0.5) is 5.69 Å². The summed E-state index contributed by atoms with van der Waals surface area (Å²) in [6.45, 7) is 0. The van der Waals surface area contributed by atoms with E-state index in [4.69, 9.17) is 16.3 Å². The van der Waals surface area contributed by atoms with Gasteiger partial charge < -0.3 is 10.1 Å². The standard InChI is InChI=1S/C22H19ClN2O5/c1-30-15-5-2-12(3-6-15)14-8-18-22(20(26)10-14)16(11-21(27)24-18)13-4-7-17(23)19(9-13)25(28)29/h2-7,9,14,16H,8,10-11H2,1H3,(H,24,27)/t14-,16-/m0/s1. The van der Waals surface area contributed by atoms with Gasteiger partial charge in [-0.25, -0.2) is 0 Å². The zero-order valence-corrected chi connectivity index (χ0v) is 16.9. The highest BCUT2D eigenvalue weighted by atomic mass is 35.5. The van der Waals surface area contributed by atoms with Crippen LogP contribution in [-0.4, -0.2) is 23.7 Å². The van der Waals surface area contributed by atoms with Crippen molar-refractivity contribution in [1.29, 1.82) is 0 Å². The number of methoxy groups -OCH3 is 1. The van der Waals surface area contributed by atoms with E-state index < -0.39 is 10.8 Å². The molecule has 0 unspecified atom stereocenters. The second-order valence-corrected chi connectivity index (χ2v) is 7.87. The lowest BCUT2D eigenvalue weighted by molar-refractivity contribution is -0.384. The van der Waals surface area contributed by atoms with Gasteiger partial charge in [0.2, 0.25) is 5.91 Å². The molecule has 0 bridgehead atoms. The van der Waals surface area contributed by atoms with Gasteiger partial charge in [0.15, 0.2) is 5.78 Å². The Morgan fingerprint density at radius 2 is 1.77 bits per heavy atom. The van der Waals surface area contributed by atoms with Crippen LogP contribution in [0.25, 0.3) is 0 Å². The van der Waals surface area contributed by atoms with E-state index in [9.17, 15) is 19.7 Å². The number of nitrogens with zero attached hydrogens (tertiary/aromatic N) is 1. The highest BCUT2D eigenvalue weighted by Gasteiger charge is 2.38. The van der Waals surface area contributed by atoms with Crippen LogP contribution < -0.4 is 10.1 Å². The number of nitrogens with one attached hydrogen (secondary N) is 1. The SMILES string of the molecule is COc1ccc([C@@H]2CC(=O)C3=C(C2)NC(=O)C[C@H]3c2ccc(Cl)c([N+](=O)[O-])c2)cc1. The first-order chi connectivity index (χ1) is 14.4. The van der Waals surface area contributed by atoms with Gasteiger partial charge in [0.25, 0.3) is 5.69 Å². The van der Waals surface area contributed by atoms with Gasteiger partial charge in [-0.15, -0.1) is 0 Å². The fraction of sp³-hybridized carbons (Fsp3) is 0.273. The number of ether oxygens (including phenoxy) is 1. The molecule has 0 spiro atoms. The van der Waals surface area contributed by atoms with Crippen LogP contribution in [-0.2, 0) is 9.59 Å². The molecule has 0 saturated carbocycles. The minimum atomic E-state index is -0.563. The average molecular weight is 427 g/mol. The molecule has 0 radical (unpaired) electrons. The number of nitro benzene ring substituents is 1. The van der Waals surface area contributed by atoms with Crippen LogP contribution in [0.2, 0.25) is 5.02 Å². The summed E-state index contributed by atoms with van der Waals surface area (Å²) in [5.74, 6) is -0.106. The first-order valence-corrected chi connectivity index (χ1v) is 9.89. The Balaban J connectivity index is 1.70. The third-order valence-electron chi connectivity index (χ3n) is 5.69. The zero-order valence-electron chi connectivity index (χ0n) is 16.2. The Morgan fingerprint density at radius 1 is 1.07 bits per heavy atom. The fourth-order valence-electron chi connectivity index (χ4n) is 4.24. The van der Waals surface area contributed by atoms with Crippen molar-refractivity contribution in [2.45, 2.75) is 31.1 Å². The van der Waals surface area contributed by atoms with Crippen LogP contribution in [0.15, 0.2) is 53.7 Å². The molecule has 0 fully saturated rings. The number of hydrogen-bond donors (Lipinski definition) is 1. The number of halogens is 1. The molecular weight excluding hydrogens is 408 g/mol. The molecule has 2 aliphatic rings. The van der Waals surface area contributed by atoms with E-state index in [0.29, 0.717) is 29.7 Å². The van der Waals surface area contributed by atoms with E-state index in [1.54, 1.807) is 13.2 Å². The van der Waals surface area contributed by atoms with Crippen molar-refractivity contribution in [2.24, 2.45) is 0 Å². The maximum Gasteiger partial charge on any atom is 0.288 e. The number of ketones is 1. The summed E-state index contributed by atoms with van der Waals surface area (Å²) in [5, 5.41) is 14.1. The van der Waals surface area contributed by atoms with Crippen LogP contribution in [0.5, 0.6) is 5.75 Å². The second kappa shape index (κ2) is 7.91. The summed E-state index contributed by atoms with van der Waals surface area (Å²) < 4.78 is 5.18. The molecule has 7 nitrogen and oxygen atoms in total. The summed E-state index contributed by atoms with van der Waals surface area (Å²) in [7, 11) is 1.59. The Hall–Kier alpha value is -3.19. The Kier molecular flexibility index (Phi) is 5.30. The highest BCUT2D eigenvalue weighted by Crippen LogP contribution is 2.43. The van der Waals surface area contributed by atoms with Crippen molar-refractivity contribution in [3.63, 3.8) is 0 Å². The Labute approximate surface area is 177 Å². The lowest BCUT2D eigenvalue weighted by Crippen LogP contribution is -2.38. The summed E-state index contributed by atoms with van der Waals surface area (Å²) >= 11 is 5.92. The van der Waals surface area contributed by atoms with Crippen molar-refractivity contribution >= 4 is 29.0 Å². The number of hydrogen-bond acceptors (Lipinski definition) is 5. The summed E-state index contributed by atoms with van der Waals surface area (Å²) in [6.07, 6.45) is 0.898. The molecule has 154 valence electrons. The zero-order chi connectivity index (χ0) is 21.4. The first kappa shape index (κ1) is 20.1. The van der Waals surface area contributed by atoms with E-state index in [1.165, 1.54) is 12.1 Å². The van der Waals surface area contributed by atoms with Gasteiger partial charge in [-0.1, -0.05) is 29.8 Å². The van der Waals surface area contributed by atoms with E-state index in [0.717, 1.165) is 11.3 Å². The second-order valence-electron chi connectivity index (χ2n) is 7.47. The van der Waals surface area contributed by atoms with Crippen molar-refractivity contribution < 1.29 is 19.2 Å². The average Bonchev–Trinajstić information content (AvgIpc) is 2.73. The molecule has 1 amide bonds. The number of nitro groups is 1. The topological polar surface area (TPSA) is 98.5 Å². The minimum Gasteiger partial charge on any atom is -0.497 e. The van der Waals surface area contributed by atoms with Crippen molar-refractivity contribution in [2.75, 3.05) is 7.11 Å². The third-order valence-corrected chi connectivity index (χ3v) is 6.01. The normalized spacial score (nSPS) is 21.1. The van der Waals surface area contributed by atoms with Crippen LogP contribution in [0.3, 0.4) is 0 Å². The van der Waals surface area contributed by atoms with Gasteiger partial charge in [0.1, 0.15) is 10.8 Å². The summed E-state index contributed by atoms with van der Waals surface area (Å²) in [5.41, 5.74) is 2.45. The van der Waals surface area contributed by atoms with Gasteiger partial charge in [0, 0.05) is 36.1 Å². The number of rotatable bonds is 4. The maximum atomic E-state index is 13.1. The van der Waals surface area contributed by atoms with E-state index in [2.05, 4.69) is 5.32 Å². The number of amides is 1. The molecule has 2 aromatic rings. The van der Waals surface area contributed by atoms with E-state index in [-0.39, 0.29) is 34.7 Å². The molecule has 8 heteroatoms. The van der Waals surface area contributed by atoms with Crippen molar-refractivity contribution in [3.05, 3.63) is 80.0 Å². The van der Waals surface area contributed by atoms with Gasteiger partial charge in [-0.2, -0.15) is 0 Å². The lowest BCUT2D eigenvalue weighted by atomic mass is 9.73. The van der Waals surface area contributed by atoms with Crippen LogP contribution in [0, 0.1) is 10.1 Å². The van der Waals surface area contributed by atoms with Gasteiger partial charge in [0.05, 0.1) is 12.0 Å². The van der Waals surface area contributed by atoms with Gasteiger partial charge in [-0.05, 0) is 41.7 Å². The molecule has 1 heterocycles. The molecule has 0 saturated heterocycles. The third kappa shape index (κ3) is 3.68. The Morgan fingerprint density at radius 3 is 2.43 bits per heavy atom. The predicted octanol–water partition coefficient (Wildman–Crippen LogP) is 4.26. The summed E-state index contributed by atoms with van der Waals surface area (Å²) in [6, 6.07) is 12.0. The fourth-order valence-corrected chi connectivity index (χ4v) is 4.43. The molecule has 30 heavy (non-hydrogen) atoms. The number of Topliss-reactive ketones (excluding diaryl/α,β-unsaturated/α-hetero) is 1. The largest absolute Gasteiger partial charge is 0.497 e. The van der Waals surface area contributed by atoms with E-state index in [1.807, 2.05) is 24.3 Å². The van der Waals surface area contributed by atoms with Crippen LogP contribution >= 0.6 is 11.6 Å². The van der Waals surface area contributed by atoms with Crippen molar-refractivity contribution in [3.8, 4) is 5.75 Å². The molecule has 0 aromatic heterocycles. The maximum absolute atomic E-state index is 13.1. The quantitative estimate of drug-likeness (QED) is 0.581. The molecule has 1 aliphatic heterocycles.